The molecule has 0 saturated carbocycles. The fourth-order valence-electron chi connectivity index (χ4n) is 0.437. The molecule has 0 unspecified atom stereocenters. The van der Waals surface area contributed by atoms with E-state index in [1.54, 1.807) is 6.08 Å². The lowest BCUT2D eigenvalue weighted by molar-refractivity contribution is 0.302. The standard InChI is InChI=1S/C9H12O/c1-2-3-4-5-6-7-8-9-10/h3-7,10H,1,8-9H2/b5-4-,7-6-. The van der Waals surface area contributed by atoms with Gasteiger partial charge in [0.2, 0.25) is 0 Å². The molecule has 0 aliphatic carbocycles. The van der Waals surface area contributed by atoms with E-state index >= 15 is 0 Å². The molecule has 0 aliphatic heterocycles. The summed E-state index contributed by atoms with van der Waals surface area (Å²) in [5, 5.41) is 8.36. The summed E-state index contributed by atoms with van der Waals surface area (Å²) in [6.07, 6.45) is 9.91. The van der Waals surface area contributed by atoms with Gasteiger partial charge in [0.25, 0.3) is 0 Å². The Kier molecular flexibility index (Phi) is 7.13. The lowest BCUT2D eigenvalue weighted by Crippen LogP contribution is -1.73. The molecule has 0 spiro atoms. The molecule has 0 saturated heterocycles. The zero-order chi connectivity index (χ0) is 7.66. The van der Waals surface area contributed by atoms with Gasteiger partial charge in [-0.2, -0.15) is 0 Å². The van der Waals surface area contributed by atoms with E-state index in [0.717, 1.165) is 0 Å². The third-order valence-electron chi connectivity index (χ3n) is 0.868. The van der Waals surface area contributed by atoms with Crippen molar-refractivity contribution in [1.29, 1.82) is 0 Å². The van der Waals surface area contributed by atoms with Crippen LogP contribution in [0.15, 0.2) is 42.7 Å². The number of allylic oxidation sites excluding steroid dienone is 4. The summed E-state index contributed by atoms with van der Waals surface area (Å²) in [6, 6.07) is 0. The monoisotopic (exact) mass is 136 g/mol. The van der Waals surface area contributed by atoms with Crippen molar-refractivity contribution < 1.29 is 5.11 Å². The highest BCUT2D eigenvalue weighted by Crippen LogP contribution is 1.82. The fraction of sp³-hybridized carbons (Fsp3) is 0.222. The first kappa shape index (κ1) is 8.96. The summed E-state index contributed by atoms with van der Waals surface area (Å²) >= 11 is 0. The van der Waals surface area contributed by atoms with Crippen LogP contribution in [0.4, 0.5) is 0 Å². The van der Waals surface area contributed by atoms with Gasteiger partial charge < -0.3 is 5.11 Å². The molecule has 0 bridgehead atoms. The van der Waals surface area contributed by atoms with Crippen LogP contribution in [0.5, 0.6) is 0 Å². The van der Waals surface area contributed by atoms with Gasteiger partial charge in [0.1, 0.15) is 0 Å². The van der Waals surface area contributed by atoms with Crippen molar-refractivity contribution in [2.24, 2.45) is 0 Å². The van der Waals surface area contributed by atoms with Gasteiger partial charge in [0.05, 0.1) is 0 Å². The molecule has 0 amide bonds. The Labute approximate surface area is 61.7 Å². The first-order valence-corrected chi connectivity index (χ1v) is 3.20. The van der Waals surface area contributed by atoms with Gasteiger partial charge in [0, 0.05) is 6.61 Å². The Morgan fingerprint density at radius 2 is 2.10 bits per heavy atom. The first-order valence-electron chi connectivity index (χ1n) is 3.20. The second-order valence-corrected chi connectivity index (χ2v) is 1.70. The van der Waals surface area contributed by atoms with Gasteiger partial charge in [-0.15, -0.1) is 5.73 Å². The van der Waals surface area contributed by atoms with Crippen LogP contribution in [0.1, 0.15) is 6.42 Å². The molecule has 0 fully saturated rings. The van der Waals surface area contributed by atoms with Crippen LogP contribution < -0.4 is 0 Å². The average molecular weight is 136 g/mol. The number of hydrogen-bond donors (Lipinski definition) is 1. The summed E-state index contributed by atoms with van der Waals surface area (Å²) in [6.45, 7) is 3.61. The van der Waals surface area contributed by atoms with E-state index < -0.39 is 0 Å². The Morgan fingerprint density at radius 3 is 2.70 bits per heavy atom. The van der Waals surface area contributed by atoms with E-state index in [0.29, 0.717) is 6.42 Å². The molecule has 0 aromatic carbocycles. The first-order chi connectivity index (χ1) is 4.91. The van der Waals surface area contributed by atoms with Crippen LogP contribution in [-0.2, 0) is 0 Å². The van der Waals surface area contributed by atoms with E-state index in [-0.39, 0.29) is 6.61 Å². The average Bonchev–Trinajstić information content (AvgIpc) is 1.97. The van der Waals surface area contributed by atoms with Crippen LogP contribution in [0.25, 0.3) is 0 Å². The topological polar surface area (TPSA) is 20.2 Å². The minimum absolute atomic E-state index is 0.210. The molecule has 0 radical (unpaired) electrons. The van der Waals surface area contributed by atoms with Gasteiger partial charge in [-0.3, -0.25) is 0 Å². The molecular formula is C9H12O. The van der Waals surface area contributed by atoms with Crippen molar-refractivity contribution >= 4 is 0 Å². The summed E-state index contributed by atoms with van der Waals surface area (Å²) in [7, 11) is 0. The molecule has 1 heteroatoms. The third kappa shape index (κ3) is 6.96. The molecule has 0 rings (SSSR count). The Hall–Kier alpha value is -1.04. The molecule has 0 aromatic heterocycles. The maximum atomic E-state index is 8.36. The van der Waals surface area contributed by atoms with Crippen molar-refractivity contribution in [2.75, 3.05) is 6.61 Å². The van der Waals surface area contributed by atoms with Gasteiger partial charge in [-0.05, 0) is 12.5 Å². The SMILES string of the molecule is C=C=C/C=C\C=C/CCO. The quantitative estimate of drug-likeness (QED) is 0.461. The third-order valence-corrected chi connectivity index (χ3v) is 0.868. The Bertz CT molecular complexity index is 160. The van der Waals surface area contributed by atoms with E-state index in [1.165, 1.54) is 0 Å². The van der Waals surface area contributed by atoms with Gasteiger partial charge in [-0.25, -0.2) is 0 Å². The molecule has 0 aromatic rings. The highest BCUT2D eigenvalue weighted by molar-refractivity contribution is 5.09. The van der Waals surface area contributed by atoms with E-state index in [4.69, 9.17) is 5.11 Å². The van der Waals surface area contributed by atoms with Crippen molar-refractivity contribution in [3.05, 3.63) is 42.7 Å². The summed E-state index contributed by atoms with van der Waals surface area (Å²) in [5.74, 6) is 0. The maximum absolute atomic E-state index is 8.36. The number of rotatable bonds is 4. The highest BCUT2D eigenvalue weighted by atomic mass is 16.2. The minimum atomic E-state index is 0.210. The second kappa shape index (κ2) is 7.96. The highest BCUT2D eigenvalue weighted by Gasteiger charge is 1.68. The Morgan fingerprint density at radius 1 is 1.30 bits per heavy atom. The van der Waals surface area contributed by atoms with Crippen LogP contribution in [0.2, 0.25) is 0 Å². The summed E-state index contributed by atoms with van der Waals surface area (Å²) in [5.41, 5.74) is 2.61. The molecule has 0 heterocycles. The molecular weight excluding hydrogens is 124 g/mol. The van der Waals surface area contributed by atoms with Crippen LogP contribution in [0.3, 0.4) is 0 Å². The molecule has 0 aliphatic rings. The Balaban J connectivity index is 3.41. The van der Waals surface area contributed by atoms with Crippen molar-refractivity contribution in [1.82, 2.24) is 0 Å². The van der Waals surface area contributed by atoms with Gasteiger partial charge in [-0.1, -0.05) is 30.9 Å². The molecule has 54 valence electrons. The van der Waals surface area contributed by atoms with Crippen molar-refractivity contribution in [3.63, 3.8) is 0 Å². The maximum Gasteiger partial charge on any atom is 0.0465 e. The normalized spacial score (nSPS) is 10.5. The molecule has 1 nitrogen and oxygen atoms in total. The second-order valence-electron chi connectivity index (χ2n) is 1.70. The van der Waals surface area contributed by atoms with Crippen molar-refractivity contribution in [3.8, 4) is 0 Å². The smallest absolute Gasteiger partial charge is 0.0465 e. The molecule has 0 atom stereocenters. The minimum Gasteiger partial charge on any atom is -0.396 e. The largest absolute Gasteiger partial charge is 0.396 e. The lowest BCUT2D eigenvalue weighted by Gasteiger charge is -1.78. The predicted octanol–water partition coefficient (Wildman–Crippen LogP) is 1.82. The fourth-order valence-corrected chi connectivity index (χ4v) is 0.437. The number of hydrogen-bond acceptors (Lipinski definition) is 1. The zero-order valence-electron chi connectivity index (χ0n) is 5.96. The van der Waals surface area contributed by atoms with Crippen LogP contribution in [0, 0.1) is 0 Å². The molecule has 1 N–H and O–H groups in total. The summed E-state index contributed by atoms with van der Waals surface area (Å²) in [4.78, 5) is 0. The van der Waals surface area contributed by atoms with Crippen LogP contribution in [-0.4, -0.2) is 11.7 Å². The van der Waals surface area contributed by atoms with E-state index in [9.17, 15) is 0 Å². The van der Waals surface area contributed by atoms with E-state index in [2.05, 4.69) is 12.3 Å². The lowest BCUT2D eigenvalue weighted by atomic mass is 10.3. The van der Waals surface area contributed by atoms with Crippen LogP contribution >= 0.6 is 0 Å². The van der Waals surface area contributed by atoms with Gasteiger partial charge in [0.15, 0.2) is 0 Å². The van der Waals surface area contributed by atoms with E-state index in [1.807, 2.05) is 24.3 Å². The number of aliphatic hydroxyl groups is 1. The summed E-state index contributed by atoms with van der Waals surface area (Å²) < 4.78 is 0. The zero-order valence-corrected chi connectivity index (χ0v) is 5.96. The predicted molar refractivity (Wildman–Crippen MR) is 43.7 cm³/mol. The van der Waals surface area contributed by atoms with Gasteiger partial charge >= 0.3 is 0 Å². The van der Waals surface area contributed by atoms with Crippen molar-refractivity contribution in [2.45, 2.75) is 6.42 Å². The number of aliphatic hydroxyl groups excluding tert-OH is 1. The molecule has 10 heavy (non-hydrogen) atoms.